The normalized spacial score (nSPS) is 10.9. The molecule has 22 heavy (non-hydrogen) atoms. The molecule has 2 aromatic rings. The van der Waals surface area contributed by atoms with Gasteiger partial charge in [-0.15, -0.1) is 11.3 Å². The number of aliphatic hydroxyl groups is 1. The average molecular weight is 317 g/mol. The molecule has 0 aliphatic rings. The molecule has 0 aliphatic carbocycles. The fraction of sp³-hybridized carbons (Fsp3) is 0.353. The second kappa shape index (κ2) is 8.08. The van der Waals surface area contributed by atoms with Gasteiger partial charge in [-0.3, -0.25) is 5.41 Å². The van der Waals surface area contributed by atoms with Gasteiger partial charge in [0.2, 0.25) is 0 Å². The van der Waals surface area contributed by atoms with E-state index in [0.717, 1.165) is 23.5 Å². The number of hydrogen-bond acceptors (Lipinski definition) is 4. The van der Waals surface area contributed by atoms with Gasteiger partial charge in [-0.25, -0.2) is 0 Å². The Morgan fingerprint density at radius 3 is 2.82 bits per heavy atom. The second-order valence-corrected chi connectivity index (χ2v) is 6.34. The van der Waals surface area contributed by atoms with Crippen molar-refractivity contribution in [3.8, 4) is 0 Å². The summed E-state index contributed by atoms with van der Waals surface area (Å²) in [6, 6.07) is 10.1. The molecule has 4 nitrogen and oxygen atoms in total. The highest BCUT2D eigenvalue weighted by Gasteiger charge is 2.06. The molecule has 0 fully saturated rings. The zero-order chi connectivity index (χ0) is 15.9. The Bertz CT molecular complexity index is 610. The Labute approximate surface area is 135 Å². The number of nitrogens with zero attached hydrogens (tertiary/aromatic N) is 1. The lowest BCUT2D eigenvalue weighted by atomic mass is 10.0. The summed E-state index contributed by atoms with van der Waals surface area (Å²) in [5, 5.41) is 22.2. The lowest BCUT2D eigenvalue weighted by molar-refractivity contribution is 0.223. The SMILES string of the molecule is Cc1ccc(NC(=N)c2cccs2)cc1CCN(C)CCO. The molecular weight excluding hydrogens is 294 g/mol. The minimum atomic E-state index is 0.190. The zero-order valence-corrected chi connectivity index (χ0v) is 13.9. The number of thiophene rings is 1. The van der Waals surface area contributed by atoms with Crippen LogP contribution in [-0.4, -0.2) is 42.6 Å². The summed E-state index contributed by atoms with van der Waals surface area (Å²) in [4.78, 5) is 3.05. The van der Waals surface area contributed by atoms with Crippen LogP contribution in [0.4, 0.5) is 5.69 Å². The van der Waals surface area contributed by atoms with Crippen LogP contribution in [0.5, 0.6) is 0 Å². The first-order valence-electron chi connectivity index (χ1n) is 7.38. The maximum atomic E-state index is 8.95. The van der Waals surface area contributed by atoms with E-state index in [4.69, 9.17) is 10.5 Å². The summed E-state index contributed by atoms with van der Waals surface area (Å²) in [6.45, 7) is 3.90. The van der Waals surface area contributed by atoms with Crippen LogP contribution in [0.15, 0.2) is 35.7 Å². The van der Waals surface area contributed by atoms with Crippen molar-refractivity contribution < 1.29 is 5.11 Å². The number of amidine groups is 1. The van der Waals surface area contributed by atoms with Gasteiger partial charge in [-0.1, -0.05) is 12.1 Å². The van der Waals surface area contributed by atoms with Crippen LogP contribution in [0.1, 0.15) is 16.0 Å². The van der Waals surface area contributed by atoms with Gasteiger partial charge in [-0.2, -0.15) is 0 Å². The molecule has 0 saturated carbocycles. The summed E-state index contributed by atoms with van der Waals surface area (Å²) >= 11 is 1.56. The van der Waals surface area contributed by atoms with Crippen molar-refractivity contribution >= 4 is 22.9 Å². The number of anilines is 1. The van der Waals surface area contributed by atoms with Crippen molar-refractivity contribution in [3.05, 3.63) is 51.7 Å². The molecule has 0 amide bonds. The molecule has 1 heterocycles. The lowest BCUT2D eigenvalue weighted by Crippen LogP contribution is -2.24. The van der Waals surface area contributed by atoms with E-state index < -0.39 is 0 Å². The third-order valence-corrected chi connectivity index (χ3v) is 4.52. The smallest absolute Gasteiger partial charge is 0.140 e. The molecule has 5 heteroatoms. The number of hydrogen-bond donors (Lipinski definition) is 3. The molecule has 2 rings (SSSR count). The van der Waals surface area contributed by atoms with E-state index in [-0.39, 0.29) is 6.61 Å². The van der Waals surface area contributed by atoms with Crippen LogP contribution >= 0.6 is 11.3 Å². The number of likely N-dealkylation sites (N-methyl/N-ethyl adjacent to an activating group) is 1. The van der Waals surface area contributed by atoms with Crippen LogP contribution in [0, 0.1) is 12.3 Å². The first kappa shape index (κ1) is 16.7. The topological polar surface area (TPSA) is 59.4 Å². The minimum absolute atomic E-state index is 0.190. The summed E-state index contributed by atoms with van der Waals surface area (Å²) in [5.74, 6) is 0.433. The third kappa shape index (κ3) is 4.66. The standard InChI is InChI=1S/C17H23N3OS/c1-13-5-6-15(19-17(18)16-4-3-11-22-16)12-14(13)7-8-20(2)9-10-21/h3-6,11-12,21H,7-10H2,1-2H3,(H2,18,19). The van der Waals surface area contributed by atoms with Crippen LogP contribution in [-0.2, 0) is 6.42 Å². The fourth-order valence-electron chi connectivity index (χ4n) is 2.24. The largest absolute Gasteiger partial charge is 0.395 e. The molecule has 0 saturated heterocycles. The zero-order valence-electron chi connectivity index (χ0n) is 13.1. The van der Waals surface area contributed by atoms with E-state index in [1.807, 2.05) is 30.6 Å². The molecule has 0 atom stereocenters. The molecule has 3 N–H and O–H groups in total. The van der Waals surface area contributed by atoms with Crippen molar-refractivity contribution in [1.82, 2.24) is 4.90 Å². The monoisotopic (exact) mass is 317 g/mol. The number of aryl methyl sites for hydroxylation is 1. The van der Waals surface area contributed by atoms with Gasteiger partial charge in [0.1, 0.15) is 5.84 Å². The maximum Gasteiger partial charge on any atom is 0.140 e. The van der Waals surface area contributed by atoms with Crippen molar-refractivity contribution in [2.45, 2.75) is 13.3 Å². The van der Waals surface area contributed by atoms with Crippen molar-refractivity contribution in [1.29, 1.82) is 5.41 Å². The first-order valence-corrected chi connectivity index (χ1v) is 8.26. The van der Waals surface area contributed by atoms with Crippen molar-refractivity contribution in [3.63, 3.8) is 0 Å². The Morgan fingerprint density at radius 2 is 2.14 bits per heavy atom. The van der Waals surface area contributed by atoms with Gasteiger partial charge >= 0.3 is 0 Å². The third-order valence-electron chi connectivity index (χ3n) is 3.63. The van der Waals surface area contributed by atoms with Gasteiger partial charge in [-0.05, 0) is 55.1 Å². The van der Waals surface area contributed by atoms with Crippen LogP contribution in [0.2, 0.25) is 0 Å². The van der Waals surface area contributed by atoms with Crippen molar-refractivity contribution in [2.24, 2.45) is 0 Å². The lowest BCUT2D eigenvalue weighted by Gasteiger charge is -2.16. The minimum Gasteiger partial charge on any atom is -0.395 e. The molecule has 1 aromatic carbocycles. The van der Waals surface area contributed by atoms with E-state index in [9.17, 15) is 0 Å². The van der Waals surface area contributed by atoms with E-state index in [2.05, 4.69) is 29.3 Å². The molecule has 0 aliphatic heterocycles. The van der Waals surface area contributed by atoms with Crippen LogP contribution in [0.25, 0.3) is 0 Å². The molecular formula is C17H23N3OS. The molecule has 0 bridgehead atoms. The molecule has 118 valence electrons. The average Bonchev–Trinajstić information content (AvgIpc) is 3.02. The Hall–Kier alpha value is -1.69. The Morgan fingerprint density at radius 1 is 1.32 bits per heavy atom. The number of nitrogens with one attached hydrogen (secondary N) is 2. The van der Waals surface area contributed by atoms with E-state index in [0.29, 0.717) is 12.4 Å². The first-order chi connectivity index (χ1) is 10.6. The molecule has 0 spiro atoms. The van der Waals surface area contributed by atoms with E-state index >= 15 is 0 Å². The Balaban J connectivity index is 2.01. The van der Waals surface area contributed by atoms with E-state index in [1.165, 1.54) is 11.1 Å². The van der Waals surface area contributed by atoms with E-state index in [1.54, 1.807) is 11.3 Å². The van der Waals surface area contributed by atoms with Gasteiger partial charge < -0.3 is 15.3 Å². The predicted molar refractivity (Wildman–Crippen MR) is 94.2 cm³/mol. The summed E-state index contributed by atoms with van der Waals surface area (Å²) in [7, 11) is 2.01. The summed E-state index contributed by atoms with van der Waals surface area (Å²) in [5.41, 5.74) is 3.48. The number of benzene rings is 1. The summed E-state index contributed by atoms with van der Waals surface area (Å²) in [6.07, 6.45) is 0.935. The highest BCUT2D eigenvalue weighted by atomic mass is 32.1. The van der Waals surface area contributed by atoms with Crippen LogP contribution < -0.4 is 5.32 Å². The highest BCUT2D eigenvalue weighted by Crippen LogP contribution is 2.18. The Kier molecular flexibility index (Phi) is 6.12. The molecule has 1 aromatic heterocycles. The van der Waals surface area contributed by atoms with Gasteiger partial charge in [0.05, 0.1) is 11.5 Å². The maximum absolute atomic E-state index is 8.95. The molecule has 0 unspecified atom stereocenters. The fourth-order valence-corrected chi connectivity index (χ4v) is 2.87. The quantitative estimate of drug-likeness (QED) is 0.543. The number of rotatable bonds is 7. The summed E-state index contributed by atoms with van der Waals surface area (Å²) < 4.78 is 0. The van der Waals surface area contributed by atoms with Crippen molar-refractivity contribution in [2.75, 3.05) is 32.1 Å². The van der Waals surface area contributed by atoms with Gasteiger partial charge in [0, 0.05) is 18.8 Å². The molecule has 0 radical (unpaired) electrons. The van der Waals surface area contributed by atoms with Gasteiger partial charge in [0.25, 0.3) is 0 Å². The predicted octanol–water partition coefficient (Wildman–Crippen LogP) is 2.96. The van der Waals surface area contributed by atoms with Crippen LogP contribution in [0.3, 0.4) is 0 Å². The second-order valence-electron chi connectivity index (χ2n) is 5.40. The van der Waals surface area contributed by atoms with Gasteiger partial charge in [0.15, 0.2) is 0 Å². The number of aliphatic hydroxyl groups excluding tert-OH is 1. The highest BCUT2D eigenvalue weighted by molar-refractivity contribution is 7.12.